The largest absolute Gasteiger partial charge is 0.356 e. The van der Waals surface area contributed by atoms with Gasteiger partial charge in [0.2, 0.25) is 5.91 Å². The molecule has 3 unspecified atom stereocenters. The van der Waals surface area contributed by atoms with Gasteiger partial charge < -0.3 is 15.5 Å². The number of hydrogen-bond donors (Lipinski definition) is 2. The summed E-state index contributed by atoms with van der Waals surface area (Å²) >= 11 is 0. The summed E-state index contributed by atoms with van der Waals surface area (Å²) in [7, 11) is 3.53. The predicted octanol–water partition coefficient (Wildman–Crippen LogP) is 1.45. The third-order valence-corrected chi connectivity index (χ3v) is 4.61. The van der Waals surface area contributed by atoms with Crippen LogP contribution in [0.5, 0.6) is 0 Å². The highest BCUT2D eigenvalue weighted by Gasteiger charge is 2.39. The Morgan fingerprint density at radius 3 is 2.57 bits per heavy atom. The van der Waals surface area contributed by atoms with E-state index in [4.69, 9.17) is 0 Å². The van der Waals surface area contributed by atoms with E-state index in [1.165, 1.54) is 25.7 Å². The number of carbonyl (C=O) groups is 1. The molecule has 21 heavy (non-hydrogen) atoms. The Bertz CT molecular complexity index is 392. The Labute approximate surface area is 128 Å². The molecule has 1 amide bonds. The first kappa shape index (κ1) is 16.1. The van der Waals surface area contributed by atoms with Gasteiger partial charge in [-0.1, -0.05) is 20.3 Å². The highest BCUT2D eigenvalue weighted by Crippen LogP contribution is 2.44. The summed E-state index contributed by atoms with van der Waals surface area (Å²) in [6.45, 7) is 5.43. The first-order valence-electron chi connectivity index (χ1n) is 8.20. The molecule has 0 aromatic carbocycles. The number of fused-ring (bicyclic) bond motifs is 2. The molecule has 3 atom stereocenters. The third-order valence-electron chi connectivity index (χ3n) is 4.61. The Morgan fingerprint density at radius 1 is 1.29 bits per heavy atom. The zero-order chi connectivity index (χ0) is 15.4. The van der Waals surface area contributed by atoms with Crippen molar-refractivity contribution in [3.05, 3.63) is 0 Å². The molecule has 2 aliphatic rings. The van der Waals surface area contributed by atoms with E-state index in [0.29, 0.717) is 12.0 Å². The number of carbonyl (C=O) groups excluding carboxylic acids is 1. The van der Waals surface area contributed by atoms with Crippen molar-refractivity contribution >= 4 is 11.9 Å². The van der Waals surface area contributed by atoms with Crippen LogP contribution in [0.3, 0.4) is 0 Å². The van der Waals surface area contributed by atoms with Crippen molar-refractivity contribution in [1.29, 1.82) is 0 Å². The van der Waals surface area contributed by atoms with Crippen molar-refractivity contribution in [2.24, 2.45) is 22.7 Å². The first-order valence-corrected chi connectivity index (χ1v) is 8.20. The molecule has 5 heteroatoms. The maximum atomic E-state index is 11.7. The fourth-order valence-corrected chi connectivity index (χ4v) is 3.34. The van der Waals surface area contributed by atoms with Crippen LogP contribution in [0, 0.1) is 17.8 Å². The molecule has 2 bridgehead atoms. The van der Waals surface area contributed by atoms with E-state index in [1.807, 2.05) is 0 Å². The highest BCUT2D eigenvalue weighted by atomic mass is 16.2. The second-order valence-corrected chi connectivity index (χ2v) is 7.15. The van der Waals surface area contributed by atoms with Gasteiger partial charge in [0.1, 0.15) is 6.54 Å². The monoisotopic (exact) mass is 294 g/mol. The standard InChI is InChI=1S/C16H30N4O/c1-11(2)9-17-16(18-10-15(21)20(3)4)19-14-8-12-5-6-13(14)7-12/h11-14H,5-10H2,1-4H3,(H2,17,18,19). The molecule has 0 aliphatic heterocycles. The van der Waals surface area contributed by atoms with Gasteiger partial charge in [0, 0.05) is 26.7 Å². The molecule has 0 saturated heterocycles. The third kappa shape index (κ3) is 4.61. The molecular formula is C16H30N4O. The lowest BCUT2D eigenvalue weighted by atomic mass is 9.95. The molecule has 0 spiro atoms. The van der Waals surface area contributed by atoms with E-state index in [0.717, 1.165) is 24.3 Å². The predicted molar refractivity (Wildman–Crippen MR) is 86.2 cm³/mol. The lowest BCUT2D eigenvalue weighted by Gasteiger charge is -2.25. The minimum absolute atomic E-state index is 0.0357. The second-order valence-electron chi connectivity index (χ2n) is 7.15. The Morgan fingerprint density at radius 2 is 2.05 bits per heavy atom. The first-order chi connectivity index (χ1) is 9.95. The maximum Gasteiger partial charge on any atom is 0.243 e. The molecule has 2 aliphatic carbocycles. The van der Waals surface area contributed by atoms with Gasteiger partial charge in [-0.2, -0.15) is 0 Å². The van der Waals surface area contributed by atoms with E-state index < -0.39 is 0 Å². The van der Waals surface area contributed by atoms with E-state index in [-0.39, 0.29) is 12.5 Å². The molecule has 0 radical (unpaired) electrons. The van der Waals surface area contributed by atoms with Crippen LogP contribution < -0.4 is 10.6 Å². The summed E-state index contributed by atoms with van der Waals surface area (Å²) in [5.74, 6) is 3.10. The van der Waals surface area contributed by atoms with E-state index in [1.54, 1.807) is 19.0 Å². The van der Waals surface area contributed by atoms with E-state index >= 15 is 0 Å². The fourth-order valence-electron chi connectivity index (χ4n) is 3.34. The van der Waals surface area contributed by atoms with Crippen molar-refractivity contribution in [3.8, 4) is 0 Å². The van der Waals surface area contributed by atoms with Gasteiger partial charge in [-0.3, -0.25) is 4.79 Å². The van der Waals surface area contributed by atoms with Crippen molar-refractivity contribution in [2.75, 3.05) is 27.2 Å². The zero-order valence-electron chi connectivity index (χ0n) is 13.9. The molecular weight excluding hydrogens is 264 g/mol. The number of aliphatic imine (C=N–C) groups is 1. The average molecular weight is 294 g/mol. The van der Waals surface area contributed by atoms with E-state index in [9.17, 15) is 4.79 Å². The normalized spacial score (nSPS) is 28.0. The molecule has 0 heterocycles. The number of nitrogens with zero attached hydrogens (tertiary/aromatic N) is 2. The summed E-state index contributed by atoms with van der Waals surface area (Å²) in [5.41, 5.74) is 0. The number of guanidine groups is 1. The molecule has 5 nitrogen and oxygen atoms in total. The van der Waals surface area contributed by atoms with Gasteiger partial charge in [0.25, 0.3) is 0 Å². The SMILES string of the molecule is CC(C)CNC(=NCC(=O)N(C)C)NC1CC2CCC1C2. The van der Waals surface area contributed by atoms with Crippen LogP contribution in [-0.2, 0) is 4.79 Å². The summed E-state index contributed by atoms with van der Waals surface area (Å²) in [4.78, 5) is 17.8. The number of rotatable bonds is 5. The molecule has 2 saturated carbocycles. The van der Waals surface area contributed by atoms with Crippen molar-refractivity contribution in [1.82, 2.24) is 15.5 Å². The van der Waals surface area contributed by atoms with Gasteiger partial charge in [0.05, 0.1) is 0 Å². The smallest absolute Gasteiger partial charge is 0.243 e. The van der Waals surface area contributed by atoms with Crippen LogP contribution in [-0.4, -0.2) is 50.0 Å². The number of amides is 1. The molecule has 0 aromatic rings. The van der Waals surface area contributed by atoms with Crippen LogP contribution in [0.15, 0.2) is 4.99 Å². The van der Waals surface area contributed by atoms with E-state index in [2.05, 4.69) is 29.5 Å². The Kier molecular flexibility index (Phi) is 5.48. The molecule has 120 valence electrons. The second kappa shape index (κ2) is 7.14. The average Bonchev–Trinajstić information content (AvgIpc) is 3.03. The van der Waals surface area contributed by atoms with Crippen molar-refractivity contribution in [2.45, 2.75) is 45.6 Å². The molecule has 2 fully saturated rings. The molecule has 0 aromatic heterocycles. The number of likely N-dealkylation sites (N-methyl/N-ethyl adjacent to an activating group) is 1. The summed E-state index contributed by atoms with van der Waals surface area (Å²) in [5, 5.41) is 6.93. The minimum atomic E-state index is 0.0357. The van der Waals surface area contributed by atoms with Gasteiger partial charge in [-0.15, -0.1) is 0 Å². The lowest BCUT2D eigenvalue weighted by Crippen LogP contribution is -2.47. The van der Waals surface area contributed by atoms with Gasteiger partial charge in [0.15, 0.2) is 5.96 Å². The van der Waals surface area contributed by atoms with Gasteiger partial charge in [-0.25, -0.2) is 4.99 Å². The van der Waals surface area contributed by atoms with Crippen LogP contribution in [0.4, 0.5) is 0 Å². The fraction of sp³-hybridized carbons (Fsp3) is 0.875. The van der Waals surface area contributed by atoms with Gasteiger partial charge in [-0.05, 0) is 37.0 Å². The quantitative estimate of drug-likeness (QED) is 0.596. The number of nitrogens with one attached hydrogen (secondary N) is 2. The molecule has 2 N–H and O–H groups in total. The lowest BCUT2D eigenvalue weighted by molar-refractivity contribution is -0.127. The Balaban J connectivity index is 1.91. The van der Waals surface area contributed by atoms with Crippen LogP contribution in [0.1, 0.15) is 39.5 Å². The van der Waals surface area contributed by atoms with Crippen molar-refractivity contribution < 1.29 is 4.79 Å². The van der Waals surface area contributed by atoms with Crippen LogP contribution in [0.25, 0.3) is 0 Å². The summed E-state index contributed by atoms with van der Waals surface area (Å²) in [6.07, 6.45) is 5.37. The topological polar surface area (TPSA) is 56.7 Å². The van der Waals surface area contributed by atoms with Gasteiger partial charge >= 0.3 is 0 Å². The van der Waals surface area contributed by atoms with Crippen LogP contribution in [0.2, 0.25) is 0 Å². The van der Waals surface area contributed by atoms with Crippen LogP contribution >= 0.6 is 0 Å². The minimum Gasteiger partial charge on any atom is -0.356 e. The highest BCUT2D eigenvalue weighted by molar-refractivity contribution is 5.85. The summed E-state index contributed by atoms with van der Waals surface area (Å²) < 4.78 is 0. The number of hydrogen-bond acceptors (Lipinski definition) is 2. The van der Waals surface area contributed by atoms with Crippen molar-refractivity contribution in [3.63, 3.8) is 0 Å². The molecule has 2 rings (SSSR count). The summed E-state index contributed by atoms with van der Waals surface area (Å²) in [6, 6.07) is 0.539. The zero-order valence-corrected chi connectivity index (χ0v) is 13.9. The maximum absolute atomic E-state index is 11.7. The Hall–Kier alpha value is -1.26.